The van der Waals surface area contributed by atoms with Crippen molar-refractivity contribution in [2.45, 2.75) is 38.8 Å². The van der Waals surface area contributed by atoms with Crippen LogP contribution in [0.25, 0.3) is 0 Å². The highest BCUT2D eigenvalue weighted by Crippen LogP contribution is 2.28. The topological polar surface area (TPSA) is 32.3 Å². The van der Waals surface area contributed by atoms with Gasteiger partial charge in [-0.1, -0.05) is 15.9 Å². The Morgan fingerprint density at radius 1 is 1.17 bits per heavy atom. The molecule has 1 aliphatic rings. The third kappa shape index (κ3) is 2.59. The Bertz CT molecular complexity index is 465. The van der Waals surface area contributed by atoms with Crippen LogP contribution < -0.4 is 10.2 Å². The summed E-state index contributed by atoms with van der Waals surface area (Å²) >= 11 is 3.41. The summed E-state index contributed by atoms with van der Waals surface area (Å²) in [6.07, 6.45) is 0. The van der Waals surface area contributed by atoms with Gasteiger partial charge in [0.05, 0.1) is 5.54 Å². The molecule has 0 atom stereocenters. The summed E-state index contributed by atoms with van der Waals surface area (Å²) in [6, 6.07) is 7.87. The molecule has 4 heteroatoms. The number of rotatable bonds is 1. The zero-order valence-corrected chi connectivity index (χ0v) is 12.8. The van der Waals surface area contributed by atoms with Gasteiger partial charge in [-0.3, -0.25) is 10.1 Å². The fourth-order valence-electron chi connectivity index (χ4n) is 2.57. The molecule has 1 heterocycles. The molecule has 98 valence electrons. The molecule has 0 aliphatic carbocycles. The number of carbonyl (C=O) groups excluding carboxylic acids is 1. The number of amides is 1. The summed E-state index contributed by atoms with van der Waals surface area (Å²) in [5.74, 6) is 0.115. The van der Waals surface area contributed by atoms with Gasteiger partial charge in [0.2, 0.25) is 5.91 Å². The molecule has 0 radical (unpaired) electrons. The Hall–Kier alpha value is -0.870. The average molecular weight is 311 g/mol. The summed E-state index contributed by atoms with van der Waals surface area (Å²) in [7, 11) is 0. The highest BCUT2D eigenvalue weighted by Gasteiger charge is 2.43. The number of nitrogens with zero attached hydrogens (tertiary/aromatic N) is 1. The highest BCUT2D eigenvalue weighted by molar-refractivity contribution is 9.10. The zero-order chi connectivity index (χ0) is 13.6. The molecule has 0 aromatic heterocycles. The standard InChI is InChI=1S/C14H19BrN2O/c1-13(2)9-17(12(18)14(3,4)16-13)11-7-5-10(15)6-8-11/h5-8,16H,9H2,1-4H3. The number of hydrogen-bond acceptors (Lipinski definition) is 2. The van der Waals surface area contributed by atoms with E-state index in [9.17, 15) is 4.79 Å². The van der Waals surface area contributed by atoms with Crippen molar-refractivity contribution in [1.82, 2.24) is 5.32 Å². The Kier molecular flexibility index (Phi) is 3.28. The minimum atomic E-state index is -0.533. The maximum atomic E-state index is 12.5. The van der Waals surface area contributed by atoms with E-state index in [0.717, 1.165) is 10.2 Å². The number of anilines is 1. The van der Waals surface area contributed by atoms with Crippen molar-refractivity contribution in [2.24, 2.45) is 0 Å². The minimum absolute atomic E-state index is 0.0928. The SMILES string of the molecule is CC1(C)CN(c2ccc(Br)cc2)C(=O)C(C)(C)N1. The number of carbonyl (C=O) groups is 1. The van der Waals surface area contributed by atoms with Crippen molar-refractivity contribution in [3.05, 3.63) is 28.7 Å². The van der Waals surface area contributed by atoms with Crippen LogP contribution in [0.2, 0.25) is 0 Å². The number of halogens is 1. The van der Waals surface area contributed by atoms with Crippen LogP contribution in [0.5, 0.6) is 0 Å². The molecule has 2 rings (SSSR count). The van der Waals surface area contributed by atoms with Crippen molar-refractivity contribution in [3.63, 3.8) is 0 Å². The predicted molar refractivity (Wildman–Crippen MR) is 77.8 cm³/mol. The molecule has 1 N–H and O–H groups in total. The molecule has 0 bridgehead atoms. The molecule has 1 fully saturated rings. The Morgan fingerprint density at radius 2 is 1.72 bits per heavy atom. The Morgan fingerprint density at radius 3 is 2.28 bits per heavy atom. The molecular formula is C14H19BrN2O. The zero-order valence-electron chi connectivity index (χ0n) is 11.2. The lowest BCUT2D eigenvalue weighted by Gasteiger charge is -2.47. The van der Waals surface area contributed by atoms with Crippen LogP contribution in [0.1, 0.15) is 27.7 Å². The first-order valence-electron chi connectivity index (χ1n) is 6.08. The molecular weight excluding hydrogens is 292 g/mol. The normalized spacial score (nSPS) is 22.1. The second-order valence-electron chi connectivity index (χ2n) is 6.00. The smallest absolute Gasteiger partial charge is 0.246 e. The number of nitrogens with one attached hydrogen (secondary N) is 1. The van der Waals surface area contributed by atoms with Crippen LogP contribution in [-0.2, 0) is 4.79 Å². The minimum Gasteiger partial charge on any atom is -0.309 e. The summed E-state index contributed by atoms with van der Waals surface area (Å²) < 4.78 is 1.02. The van der Waals surface area contributed by atoms with E-state index >= 15 is 0 Å². The molecule has 0 unspecified atom stereocenters. The van der Waals surface area contributed by atoms with Crippen LogP contribution in [0.3, 0.4) is 0 Å². The Balaban J connectivity index is 2.37. The fraction of sp³-hybridized carbons (Fsp3) is 0.500. The molecule has 3 nitrogen and oxygen atoms in total. The molecule has 0 saturated carbocycles. The van der Waals surface area contributed by atoms with Gasteiger partial charge in [-0.2, -0.15) is 0 Å². The van der Waals surface area contributed by atoms with Gasteiger partial charge >= 0.3 is 0 Å². The van der Waals surface area contributed by atoms with Gasteiger partial charge < -0.3 is 4.90 Å². The van der Waals surface area contributed by atoms with Gasteiger partial charge in [-0.05, 0) is 52.0 Å². The number of benzene rings is 1. The van der Waals surface area contributed by atoms with E-state index in [2.05, 4.69) is 35.1 Å². The van der Waals surface area contributed by atoms with E-state index in [-0.39, 0.29) is 11.4 Å². The van der Waals surface area contributed by atoms with E-state index in [1.165, 1.54) is 0 Å². The summed E-state index contributed by atoms with van der Waals surface area (Å²) in [4.78, 5) is 14.3. The van der Waals surface area contributed by atoms with Crippen molar-refractivity contribution in [2.75, 3.05) is 11.4 Å². The lowest BCUT2D eigenvalue weighted by molar-refractivity contribution is -0.126. The van der Waals surface area contributed by atoms with Gasteiger partial charge in [-0.25, -0.2) is 0 Å². The van der Waals surface area contributed by atoms with Crippen LogP contribution in [0.15, 0.2) is 28.7 Å². The largest absolute Gasteiger partial charge is 0.309 e. The summed E-state index contributed by atoms with van der Waals surface area (Å²) in [5, 5.41) is 3.39. The van der Waals surface area contributed by atoms with Crippen LogP contribution in [0, 0.1) is 0 Å². The Labute approximate surface area is 117 Å². The number of piperazine rings is 1. The molecule has 0 spiro atoms. The van der Waals surface area contributed by atoms with Crippen LogP contribution >= 0.6 is 15.9 Å². The maximum absolute atomic E-state index is 12.5. The molecule has 1 aliphatic heterocycles. The fourth-order valence-corrected chi connectivity index (χ4v) is 2.84. The van der Waals surface area contributed by atoms with Crippen molar-refractivity contribution < 1.29 is 4.79 Å². The van der Waals surface area contributed by atoms with Gasteiger partial charge in [0.15, 0.2) is 0 Å². The van der Waals surface area contributed by atoms with Gasteiger partial charge in [0.25, 0.3) is 0 Å². The molecule has 1 amide bonds. The second-order valence-corrected chi connectivity index (χ2v) is 6.92. The van der Waals surface area contributed by atoms with Gasteiger partial charge in [-0.15, -0.1) is 0 Å². The first-order valence-corrected chi connectivity index (χ1v) is 6.87. The molecule has 1 aromatic rings. The van der Waals surface area contributed by atoms with E-state index in [1.54, 1.807) is 0 Å². The van der Waals surface area contributed by atoms with E-state index in [0.29, 0.717) is 6.54 Å². The van der Waals surface area contributed by atoms with Crippen molar-refractivity contribution >= 4 is 27.5 Å². The molecule has 1 saturated heterocycles. The quantitative estimate of drug-likeness (QED) is 0.865. The van der Waals surface area contributed by atoms with E-state index < -0.39 is 5.54 Å². The third-order valence-corrected chi connectivity index (χ3v) is 3.65. The number of hydrogen-bond donors (Lipinski definition) is 1. The van der Waals surface area contributed by atoms with E-state index in [1.807, 2.05) is 43.0 Å². The summed E-state index contributed by atoms with van der Waals surface area (Å²) in [5.41, 5.74) is 0.324. The predicted octanol–water partition coefficient (Wildman–Crippen LogP) is 2.94. The highest BCUT2D eigenvalue weighted by atomic mass is 79.9. The van der Waals surface area contributed by atoms with Crippen LogP contribution in [0.4, 0.5) is 5.69 Å². The summed E-state index contributed by atoms with van der Waals surface area (Å²) in [6.45, 7) is 8.78. The molecule has 1 aromatic carbocycles. The first-order chi connectivity index (χ1) is 8.21. The first kappa shape index (κ1) is 13.6. The van der Waals surface area contributed by atoms with Gasteiger partial charge in [0, 0.05) is 22.2 Å². The van der Waals surface area contributed by atoms with Gasteiger partial charge in [0.1, 0.15) is 0 Å². The van der Waals surface area contributed by atoms with Crippen molar-refractivity contribution in [3.8, 4) is 0 Å². The van der Waals surface area contributed by atoms with E-state index in [4.69, 9.17) is 0 Å². The lowest BCUT2D eigenvalue weighted by Crippen LogP contribution is -2.70. The van der Waals surface area contributed by atoms with Crippen LogP contribution in [-0.4, -0.2) is 23.5 Å². The second kappa shape index (κ2) is 4.35. The molecule has 18 heavy (non-hydrogen) atoms. The lowest BCUT2D eigenvalue weighted by atomic mass is 9.90. The third-order valence-electron chi connectivity index (χ3n) is 3.12. The van der Waals surface area contributed by atoms with Crippen molar-refractivity contribution in [1.29, 1.82) is 0 Å². The monoisotopic (exact) mass is 310 g/mol. The average Bonchev–Trinajstić information content (AvgIpc) is 2.23. The maximum Gasteiger partial charge on any atom is 0.246 e.